The zero-order valence-electron chi connectivity index (χ0n) is 13.1. The maximum Gasteiger partial charge on any atom is 0.242 e. The fourth-order valence-corrected chi connectivity index (χ4v) is 1.94. The Hall–Kier alpha value is -1.85. The molecule has 1 rings (SSSR count). The molecule has 112 valence electrons. The molecule has 0 bridgehead atoms. The highest BCUT2D eigenvalue weighted by atomic mass is 16.2. The summed E-state index contributed by atoms with van der Waals surface area (Å²) in [6, 6.07) is 1.89. The Labute approximate surface area is 121 Å². The molecule has 1 N–H and O–H groups in total. The number of likely N-dealkylation sites (N-methyl/N-ethyl adjacent to an activating group) is 2. The molecule has 6 heteroatoms. The molecule has 0 aliphatic carbocycles. The van der Waals surface area contributed by atoms with Crippen LogP contribution in [0.1, 0.15) is 26.5 Å². The van der Waals surface area contributed by atoms with Crippen LogP contribution in [0, 0.1) is 6.92 Å². The molecule has 0 aliphatic heterocycles. The Morgan fingerprint density at radius 1 is 1.25 bits per heavy atom. The van der Waals surface area contributed by atoms with E-state index in [9.17, 15) is 4.79 Å². The third-order valence-corrected chi connectivity index (χ3v) is 3.06. The molecule has 0 aliphatic rings. The van der Waals surface area contributed by atoms with E-state index in [0.717, 1.165) is 31.1 Å². The Morgan fingerprint density at radius 3 is 2.45 bits per heavy atom. The molecule has 1 amide bonds. The summed E-state index contributed by atoms with van der Waals surface area (Å²) >= 11 is 0. The summed E-state index contributed by atoms with van der Waals surface area (Å²) in [7, 11) is 1.87. The lowest BCUT2D eigenvalue weighted by molar-refractivity contribution is -0.129. The van der Waals surface area contributed by atoms with E-state index in [-0.39, 0.29) is 5.91 Å². The fourth-order valence-electron chi connectivity index (χ4n) is 1.94. The minimum atomic E-state index is 0.110. The summed E-state index contributed by atoms with van der Waals surface area (Å²) < 4.78 is 0. The Kier molecular flexibility index (Phi) is 6.21. The highest BCUT2D eigenvalue weighted by Gasteiger charge is 2.14. The standard InChI is InChI=1S/C14H25N5O/c1-6-15-14-16-11(4)9-12(17-14)18(5)10-13(20)19(7-2)8-3/h9H,6-8,10H2,1-5H3,(H,15,16,17). The monoisotopic (exact) mass is 279 g/mol. The van der Waals surface area contributed by atoms with Gasteiger partial charge in [-0.15, -0.1) is 0 Å². The number of hydrogen-bond acceptors (Lipinski definition) is 5. The van der Waals surface area contributed by atoms with E-state index in [1.54, 1.807) is 0 Å². The van der Waals surface area contributed by atoms with Crippen molar-refractivity contribution in [3.63, 3.8) is 0 Å². The van der Waals surface area contributed by atoms with Crippen LogP contribution in [0.3, 0.4) is 0 Å². The lowest BCUT2D eigenvalue weighted by Gasteiger charge is -2.24. The predicted octanol–water partition coefficient (Wildman–Crippen LogP) is 1.52. The Balaban J connectivity index is 2.81. The van der Waals surface area contributed by atoms with E-state index in [2.05, 4.69) is 15.3 Å². The first-order chi connectivity index (χ1) is 9.51. The van der Waals surface area contributed by atoms with Crippen LogP contribution in [-0.2, 0) is 4.79 Å². The van der Waals surface area contributed by atoms with Gasteiger partial charge in [0.05, 0.1) is 6.54 Å². The molecule has 0 fully saturated rings. The summed E-state index contributed by atoms with van der Waals surface area (Å²) in [6.07, 6.45) is 0. The van der Waals surface area contributed by atoms with Crippen molar-refractivity contribution in [2.45, 2.75) is 27.7 Å². The van der Waals surface area contributed by atoms with Gasteiger partial charge < -0.3 is 15.1 Å². The van der Waals surface area contributed by atoms with Gasteiger partial charge in [0.25, 0.3) is 0 Å². The van der Waals surface area contributed by atoms with Gasteiger partial charge in [-0.1, -0.05) is 0 Å². The number of nitrogens with zero attached hydrogens (tertiary/aromatic N) is 4. The quantitative estimate of drug-likeness (QED) is 0.820. The minimum absolute atomic E-state index is 0.110. The number of nitrogens with one attached hydrogen (secondary N) is 1. The van der Waals surface area contributed by atoms with E-state index in [0.29, 0.717) is 12.5 Å². The van der Waals surface area contributed by atoms with Crippen molar-refractivity contribution in [1.29, 1.82) is 0 Å². The molecule has 1 heterocycles. The molecule has 0 atom stereocenters. The second kappa shape index (κ2) is 7.67. The fraction of sp³-hybridized carbons (Fsp3) is 0.643. The van der Waals surface area contributed by atoms with Gasteiger partial charge in [0, 0.05) is 38.4 Å². The molecule has 0 saturated carbocycles. The number of amides is 1. The molecule has 0 unspecified atom stereocenters. The zero-order valence-corrected chi connectivity index (χ0v) is 13.1. The average Bonchev–Trinajstić information content (AvgIpc) is 2.39. The van der Waals surface area contributed by atoms with Crippen molar-refractivity contribution in [3.8, 4) is 0 Å². The first kappa shape index (κ1) is 16.2. The van der Waals surface area contributed by atoms with Crippen molar-refractivity contribution in [2.24, 2.45) is 0 Å². The maximum atomic E-state index is 12.1. The molecule has 1 aromatic rings. The molecular formula is C14H25N5O. The molecule has 0 radical (unpaired) electrons. The number of aryl methyl sites for hydroxylation is 1. The smallest absolute Gasteiger partial charge is 0.242 e. The van der Waals surface area contributed by atoms with Gasteiger partial charge in [0.1, 0.15) is 5.82 Å². The van der Waals surface area contributed by atoms with Crippen LogP contribution >= 0.6 is 0 Å². The molecule has 0 saturated heterocycles. The topological polar surface area (TPSA) is 61.4 Å². The van der Waals surface area contributed by atoms with E-state index in [4.69, 9.17) is 0 Å². The third kappa shape index (κ3) is 4.36. The van der Waals surface area contributed by atoms with Gasteiger partial charge in [-0.05, 0) is 27.7 Å². The van der Waals surface area contributed by atoms with Gasteiger partial charge in [-0.3, -0.25) is 4.79 Å². The second-order valence-electron chi connectivity index (χ2n) is 4.64. The van der Waals surface area contributed by atoms with Crippen molar-refractivity contribution in [1.82, 2.24) is 14.9 Å². The molecular weight excluding hydrogens is 254 g/mol. The summed E-state index contributed by atoms with van der Waals surface area (Å²) in [5.74, 6) is 1.47. The van der Waals surface area contributed by atoms with Crippen molar-refractivity contribution in [3.05, 3.63) is 11.8 Å². The lowest BCUT2D eigenvalue weighted by Crippen LogP contribution is -2.39. The highest BCUT2D eigenvalue weighted by molar-refractivity contribution is 5.81. The normalized spacial score (nSPS) is 10.2. The van der Waals surface area contributed by atoms with Crippen LogP contribution in [0.4, 0.5) is 11.8 Å². The third-order valence-electron chi connectivity index (χ3n) is 3.06. The zero-order chi connectivity index (χ0) is 15.1. The number of carbonyl (C=O) groups is 1. The number of rotatable bonds is 7. The van der Waals surface area contributed by atoms with Crippen LogP contribution in [0.15, 0.2) is 6.07 Å². The average molecular weight is 279 g/mol. The van der Waals surface area contributed by atoms with Gasteiger partial charge in [-0.2, -0.15) is 4.98 Å². The van der Waals surface area contributed by atoms with E-state index < -0.39 is 0 Å². The molecule has 20 heavy (non-hydrogen) atoms. The summed E-state index contributed by atoms with van der Waals surface area (Å²) in [5, 5.41) is 3.10. The van der Waals surface area contributed by atoms with Crippen LogP contribution in [0.5, 0.6) is 0 Å². The van der Waals surface area contributed by atoms with Crippen LogP contribution < -0.4 is 10.2 Å². The van der Waals surface area contributed by atoms with Crippen molar-refractivity contribution in [2.75, 3.05) is 43.4 Å². The molecule has 6 nitrogen and oxygen atoms in total. The van der Waals surface area contributed by atoms with E-state index >= 15 is 0 Å². The first-order valence-corrected chi connectivity index (χ1v) is 7.10. The van der Waals surface area contributed by atoms with Crippen molar-refractivity contribution >= 4 is 17.7 Å². The van der Waals surface area contributed by atoms with Gasteiger partial charge in [0.15, 0.2) is 0 Å². The van der Waals surface area contributed by atoms with E-state index in [1.165, 1.54) is 0 Å². The summed E-state index contributed by atoms with van der Waals surface area (Å²) in [5.41, 5.74) is 0.882. The lowest BCUT2D eigenvalue weighted by atomic mass is 10.3. The van der Waals surface area contributed by atoms with Gasteiger partial charge in [0.2, 0.25) is 11.9 Å². The minimum Gasteiger partial charge on any atom is -0.354 e. The highest BCUT2D eigenvalue weighted by Crippen LogP contribution is 2.13. The first-order valence-electron chi connectivity index (χ1n) is 7.10. The van der Waals surface area contributed by atoms with Crippen LogP contribution in [-0.4, -0.2) is 54.0 Å². The van der Waals surface area contributed by atoms with Gasteiger partial charge >= 0.3 is 0 Å². The number of hydrogen-bond donors (Lipinski definition) is 1. The number of aromatic nitrogens is 2. The van der Waals surface area contributed by atoms with Gasteiger partial charge in [-0.25, -0.2) is 4.98 Å². The number of carbonyl (C=O) groups excluding carboxylic acids is 1. The second-order valence-corrected chi connectivity index (χ2v) is 4.64. The number of anilines is 2. The molecule has 0 aromatic carbocycles. The van der Waals surface area contributed by atoms with Crippen LogP contribution in [0.2, 0.25) is 0 Å². The van der Waals surface area contributed by atoms with Crippen LogP contribution in [0.25, 0.3) is 0 Å². The predicted molar refractivity (Wildman–Crippen MR) is 82.1 cm³/mol. The summed E-state index contributed by atoms with van der Waals surface area (Å²) in [6.45, 7) is 10.4. The molecule has 0 spiro atoms. The van der Waals surface area contributed by atoms with E-state index in [1.807, 2.05) is 50.6 Å². The van der Waals surface area contributed by atoms with Crippen molar-refractivity contribution < 1.29 is 4.79 Å². The maximum absolute atomic E-state index is 12.1. The Morgan fingerprint density at radius 2 is 1.90 bits per heavy atom. The largest absolute Gasteiger partial charge is 0.354 e. The SMILES string of the molecule is CCNc1nc(C)cc(N(C)CC(=O)N(CC)CC)n1. The summed E-state index contributed by atoms with van der Waals surface area (Å²) in [4.78, 5) is 24.5. The Bertz CT molecular complexity index is 445. The molecule has 1 aromatic heterocycles.